The Balaban J connectivity index is 1.71. The summed E-state index contributed by atoms with van der Waals surface area (Å²) in [6.45, 7) is 5.34. The molecular weight excluding hydrogens is 258 g/mol. The van der Waals surface area contributed by atoms with Crippen molar-refractivity contribution in [1.29, 1.82) is 0 Å². The summed E-state index contributed by atoms with van der Waals surface area (Å²) in [7, 11) is 0. The normalized spacial score (nSPS) is 23.7. The molecule has 104 valence electrons. The number of anilines is 1. The van der Waals surface area contributed by atoms with Crippen molar-refractivity contribution in [1.82, 2.24) is 10.3 Å². The maximum atomic E-state index is 6.25. The lowest BCUT2D eigenvalue weighted by Crippen LogP contribution is -2.35. The van der Waals surface area contributed by atoms with Gasteiger partial charge in [0.2, 0.25) is 0 Å². The van der Waals surface area contributed by atoms with Gasteiger partial charge < -0.3 is 10.2 Å². The van der Waals surface area contributed by atoms with Crippen molar-refractivity contribution >= 4 is 17.4 Å². The first kappa shape index (κ1) is 13.2. The van der Waals surface area contributed by atoms with E-state index in [-0.39, 0.29) is 0 Å². The molecule has 2 heterocycles. The molecule has 1 aromatic rings. The zero-order valence-corrected chi connectivity index (χ0v) is 12.3. The van der Waals surface area contributed by atoms with Crippen LogP contribution in [0.5, 0.6) is 0 Å². The average molecular weight is 280 g/mol. The van der Waals surface area contributed by atoms with Crippen LogP contribution in [-0.2, 0) is 6.54 Å². The summed E-state index contributed by atoms with van der Waals surface area (Å²) in [6, 6.07) is 4.74. The Bertz CT molecular complexity index is 445. The van der Waals surface area contributed by atoms with Crippen molar-refractivity contribution in [3.8, 4) is 0 Å². The smallest absolute Gasteiger partial charge is 0.128 e. The molecule has 1 aromatic heterocycles. The Kier molecular flexibility index (Phi) is 3.94. The van der Waals surface area contributed by atoms with E-state index >= 15 is 0 Å². The largest absolute Gasteiger partial charge is 0.356 e. The summed E-state index contributed by atoms with van der Waals surface area (Å²) in [6.07, 6.45) is 5.18. The van der Waals surface area contributed by atoms with Crippen LogP contribution in [-0.4, -0.2) is 24.1 Å². The molecule has 4 heteroatoms. The van der Waals surface area contributed by atoms with Gasteiger partial charge in [-0.25, -0.2) is 4.98 Å². The Labute approximate surface area is 120 Å². The first-order valence-electron chi connectivity index (χ1n) is 7.36. The van der Waals surface area contributed by atoms with Gasteiger partial charge in [-0.2, -0.15) is 0 Å². The van der Waals surface area contributed by atoms with Crippen molar-refractivity contribution in [2.24, 2.45) is 5.92 Å². The van der Waals surface area contributed by atoms with Crippen LogP contribution >= 0.6 is 11.6 Å². The second kappa shape index (κ2) is 5.68. The lowest BCUT2D eigenvalue weighted by molar-refractivity contribution is 0.444. The van der Waals surface area contributed by atoms with E-state index in [1.807, 2.05) is 6.07 Å². The number of piperidine rings is 1. The lowest BCUT2D eigenvalue weighted by Gasteiger charge is -2.32. The van der Waals surface area contributed by atoms with Gasteiger partial charge in [-0.1, -0.05) is 18.5 Å². The van der Waals surface area contributed by atoms with Gasteiger partial charge in [0.05, 0.1) is 10.7 Å². The summed E-state index contributed by atoms with van der Waals surface area (Å²) >= 11 is 6.25. The predicted molar refractivity (Wildman–Crippen MR) is 79.7 cm³/mol. The second-order valence-electron chi connectivity index (χ2n) is 5.95. The lowest BCUT2D eigenvalue weighted by atomic mass is 10.0. The quantitative estimate of drug-likeness (QED) is 0.917. The third-order valence-corrected chi connectivity index (χ3v) is 4.36. The second-order valence-corrected chi connectivity index (χ2v) is 6.35. The Morgan fingerprint density at radius 3 is 2.95 bits per heavy atom. The molecule has 2 fully saturated rings. The molecule has 0 radical (unpaired) electrons. The van der Waals surface area contributed by atoms with E-state index in [2.05, 4.69) is 23.2 Å². The molecule has 3 rings (SSSR count). The predicted octanol–water partition coefficient (Wildman–Crippen LogP) is 3.22. The van der Waals surface area contributed by atoms with Crippen molar-refractivity contribution < 1.29 is 0 Å². The van der Waals surface area contributed by atoms with E-state index in [1.54, 1.807) is 0 Å². The highest BCUT2D eigenvalue weighted by molar-refractivity contribution is 6.31. The van der Waals surface area contributed by atoms with E-state index in [0.29, 0.717) is 6.04 Å². The van der Waals surface area contributed by atoms with E-state index in [4.69, 9.17) is 16.6 Å². The number of hydrogen-bond acceptors (Lipinski definition) is 3. The van der Waals surface area contributed by atoms with Gasteiger partial charge in [-0.3, -0.25) is 0 Å². The molecule has 1 aliphatic carbocycles. The molecule has 1 unspecified atom stereocenters. The standard InChI is InChI=1S/C15H22ClN3/c1-11-3-2-8-19(10-11)15-7-6-13(16)14(18-15)9-17-12-4-5-12/h6-7,11-12,17H,2-5,8-10H2,1H3. The van der Waals surface area contributed by atoms with Gasteiger partial charge in [0.15, 0.2) is 0 Å². The number of aromatic nitrogens is 1. The van der Waals surface area contributed by atoms with Crippen LogP contribution in [0.1, 0.15) is 38.3 Å². The first-order chi connectivity index (χ1) is 9.22. The summed E-state index contributed by atoms with van der Waals surface area (Å²) in [5.41, 5.74) is 0.990. The van der Waals surface area contributed by atoms with E-state index < -0.39 is 0 Å². The summed E-state index contributed by atoms with van der Waals surface area (Å²) in [5.74, 6) is 1.85. The fourth-order valence-electron chi connectivity index (χ4n) is 2.70. The minimum atomic E-state index is 0.691. The molecule has 0 amide bonds. The number of nitrogens with one attached hydrogen (secondary N) is 1. The van der Waals surface area contributed by atoms with Gasteiger partial charge in [-0.15, -0.1) is 0 Å². The zero-order chi connectivity index (χ0) is 13.2. The number of pyridine rings is 1. The van der Waals surface area contributed by atoms with Gasteiger partial charge in [0.25, 0.3) is 0 Å². The fraction of sp³-hybridized carbons (Fsp3) is 0.667. The molecule has 1 aliphatic heterocycles. The highest BCUT2D eigenvalue weighted by Crippen LogP contribution is 2.25. The topological polar surface area (TPSA) is 28.2 Å². The SMILES string of the molecule is CC1CCCN(c2ccc(Cl)c(CNC3CC3)n2)C1. The van der Waals surface area contributed by atoms with Gasteiger partial charge >= 0.3 is 0 Å². The van der Waals surface area contributed by atoms with Crippen molar-refractivity contribution in [2.45, 2.75) is 45.2 Å². The summed E-state index contributed by atoms with van der Waals surface area (Å²) in [5, 5.41) is 4.27. The van der Waals surface area contributed by atoms with Gasteiger partial charge in [-0.05, 0) is 43.7 Å². The highest BCUT2D eigenvalue weighted by atomic mass is 35.5. The summed E-state index contributed by atoms with van der Waals surface area (Å²) < 4.78 is 0. The van der Waals surface area contributed by atoms with Crippen molar-refractivity contribution in [2.75, 3.05) is 18.0 Å². The van der Waals surface area contributed by atoms with E-state index in [1.165, 1.54) is 25.7 Å². The van der Waals surface area contributed by atoms with Crippen LogP contribution in [0, 0.1) is 5.92 Å². The van der Waals surface area contributed by atoms with Gasteiger partial charge in [0.1, 0.15) is 5.82 Å². The highest BCUT2D eigenvalue weighted by Gasteiger charge is 2.22. The first-order valence-corrected chi connectivity index (χ1v) is 7.74. The summed E-state index contributed by atoms with van der Waals surface area (Å²) in [4.78, 5) is 7.16. The average Bonchev–Trinajstić information content (AvgIpc) is 3.22. The molecule has 1 N–H and O–H groups in total. The zero-order valence-electron chi connectivity index (χ0n) is 11.5. The third-order valence-electron chi connectivity index (χ3n) is 4.02. The molecule has 1 saturated heterocycles. The minimum absolute atomic E-state index is 0.691. The minimum Gasteiger partial charge on any atom is -0.356 e. The number of halogens is 1. The molecule has 0 bridgehead atoms. The molecule has 0 spiro atoms. The van der Waals surface area contributed by atoms with Crippen molar-refractivity contribution in [3.63, 3.8) is 0 Å². The van der Waals surface area contributed by atoms with Crippen LogP contribution in [0.25, 0.3) is 0 Å². The molecule has 1 atom stereocenters. The maximum Gasteiger partial charge on any atom is 0.128 e. The number of hydrogen-bond donors (Lipinski definition) is 1. The molecule has 0 aromatic carbocycles. The van der Waals surface area contributed by atoms with Crippen LogP contribution in [0.15, 0.2) is 12.1 Å². The fourth-order valence-corrected chi connectivity index (χ4v) is 2.87. The maximum absolute atomic E-state index is 6.25. The molecule has 2 aliphatic rings. The van der Waals surface area contributed by atoms with Crippen molar-refractivity contribution in [3.05, 3.63) is 22.8 Å². The molecule has 1 saturated carbocycles. The number of rotatable bonds is 4. The van der Waals surface area contributed by atoms with Crippen LogP contribution < -0.4 is 10.2 Å². The Morgan fingerprint density at radius 1 is 1.37 bits per heavy atom. The van der Waals surface area contributed by atoms with E-state index in [0.717, 1.165) is 42.1 Å². The molecular formula is C15H22ClN3. The molecule has 19 heavy (non-hydrogen) atoms. The third kappa shape index (κ3) is 3.40. The monoisotopic (exact) mass is 279 g/mol. The Morgan fingerprint density at radius 2 is 2.21 bits per heavy atom. The Hall–Kier alpha value is -0.800. The van der Waals surface area contributed by atoms with Crippen LogP contribution in [0.2, 0.25) is 5.02 Å². The molecule has 3 nitrogen and oxygen atoms in total. The van der Waals surface area contributed by atoms with Crippen LogP contribution in [0.3, 0.4) is 0 Å². The number of nitrogens with zero attached hydrogens (tertiary/aromatic N) is 2. The van der Waals surface area contributed by atoms with Crippen LogP contribution in [0.4, 0.5) is 5.82 Å². The van der Waals surface area contributed by atoms with E-state index in [9.17, 15) is 0 Å². The van der Waals surface area contributed by atoms with Gasteiger partial charge in [0, 0.05) is 25.7 Å².